The van der Waals surface area contributed by atoms with Crippen LogP contribution in [0.3, 0.4) is 0 Å². The smallest absolute Gasteiger partial charge is 0.307 e. The molecule has 0 atom stereocenters. The van der Waals surface area contributed by atoms with E-state index in [2.05, 4.69) is 11.7 Å². The van der Waals surface area contributed by atoms with Crippen molar-refractivity contribution < 1.29 is 9.90 Å². The summed E-state index contributed by atoms with van der Waals surface area (Å²) in [6.45, 7) is 8.27. The monoisotopic (exact) mass is 222 g/mol. The maximum Gasteiger partial charge on any atom is 0.307 e. The maximum absolute atomic E-state index is 10.7. The number of carboxylic acids is 1. The van der Waals surface area contributed by atoms with E-state index in [0.29, 0.717) is 0 Å². The topological polar surface area (TPSA) is 55.1 Å². The number of hydrogen-bond acceptors (Lipinski definition) is 2. The van der Waals surface area contributed by atoms with Crippen LogP contribution < -0.4 is 0 Å². The summed E-state index contributed by atoms with van der Waals surface area (Å²) in [4.78, 5) is 10.7. The van der Waals surface area contributed by atoms with Gasteiger partial charge < -0.3 is 5.11 Å². The van der Waals surface area contributed by atoms with E-state index in [9.17, 15) is 4.79 Å². The van der Waals surface area contributed by atoms with E-state index in [1.807, 2.05) is 24.6 Å². The van der Waals surface area contributed by atoms with Gasteiger partial charge in [-0.2, -0.15) is 5.10 Å². The minimum absolute atomic E-state index is 0.0547. The van der Waals surface area contributed by atoms with E-state index in [-0.39, 0.29) is 6.42 Å². The summed E-state index contributed by atoms with van der Waals surface area (Å²) in [5.74, 6) is -0.808. The Morgan fingerprint density at radius 1 is 1.56 bits per heavy atom. The molecular formula is C12H18N2O2. The van der Waals surface area contributed by atoms with Crippen LogP contribution >= 0.6 is 0 Å². The van der Waals surface area contributed by atoms with Gasteiger partial charge in [-0.25, -0.2) is 0 Å². The number of nitrogens with zero attached hydrogens (tertiary/aromatic N) is 2. The molecule has 88 valence electrons. The normalized spacial score (nSPS) is 10.4. The first kappa shape index (κ1) is 12.5. The highest BCUT2D eigenvalue weighted by Gasteiger charge is 2.13. The molecular weight excluding hydrogens is 204 g/mol. The van der Waals surface area contributed by atoms with Crippen molar-refractivity contribution >= 4 is 5.97 Å². The Morgan fingerprint density at radius 3 is 2.81 bits per heavy atom. The van der Waals surface area contributed by atoms with Crippen molar-refractivity contribution in [2.45, 2.75) is 39.7 Å². The third-order valence-corrected chi connectivity index (χ3v) is 2.64. The molecule has 0 aromatic carbocycles. The molecule has 0 aliphatic rings. The zero-order valence-electron chi connectivity index (χ0n) is 9.86. The number of rotatable bonds is 6. The van der Waals surface area contributed by atoms with Crippen LogP contribution in [0, 0.1) is 13.8 Å². The first-order valence-electron chi connectivity index (χ1n) is 5.41. The number of aromatic nitrogens is 2. The second-order valence-electron chi connectivity index (χ2n) is 3.87. The molecule has 0 unspecified atom stereocenters. The lowest BCUT2D eigenvalue weighted by Gasteiger charge is -2.03. The SMILES string of the molecule is C=CCCCn1nc(C)c(CC(=O)O)c1C. The van der Waals surface area contributed by atoms with Crippen LogP contribution in [-0.4, -0.2) is 20.9 Å². The molecule has 0 aliphatic heterocycles. The Morgan fingerprint density at radius 2 is 2.25 bits per heavy atom. The summed E-state index contributed by atoms with van der Waals surface area (Å²) < 4.78 is 1.89. The van der Waals surface area contributed by atoms with Gasteiger partial charge in [0.05, 0.1) is 12.1 Å². The van der Waals surface area contributed by atoms with Crippen LogP contribution in [0.5, 0.6) is 0 Å². The van der Waals surface area contributed by atoms with E-state index in [1.165, 1.54) is 0 Å². The average Bonchev–Trinajstić information content (AvgIpc) is 2.46. The van der Waals surface area contributed by atoms with Crippen LogP contribution in [0.1, 0.15) is 29.8 Å². The van der Waals surface area contributed by atoms with Crippen LogP contribution in [-0.2, 0) is 17.8 Å². The molecule has 4 nitrogen and oxygen atoms in total. The predicted molar refractivity (Wildman–Crippen MR) is 62.5 cm³/mol. The number of aliphatic carboxylic acids is 1. The Hall–Kier alpha value is -1.58. The molecule has 1 heterocycles. The van der Waals surface area contributed by atoms with Crippen LogP contribution in [0.2, 0.25) is 0 Å². The molecule has 0 aliphatic carbocycles. The summed E-state index contributed by atoms with van der Waals surface area (Å²) in [5, 5.41) is 13.1. The van der Waals surface area contributed by atoms with Gasteiger partial charge in [0.2, 0.25) is 0 Å². The molecule has 1 N–H and O–H groups in total. The number of unbranched alkanes of at least 4 members (excludes halogenated alkanes) is 1. The Kier molecular flexibility index (Phi) is 4.28. The minimum atomic E-state index is -0.808. The second-order valence-corrected chi connectivity index (χ2v) is 3.87. The Labute approximate surface area is 95.6 Å². The van der Waals surface area contributed by atoms with Crippen molar-refractivity contribution in [1.82, 2.24) is 9.78 Å². The summed E-state index contributed by atoms with van der Waals surface area (Å²) in [6, 6.07) is 0. The van der Waals surface area contributed by atoms with Crippen molar-refractivity contribution in [3.05, 3.63) is 29.6 Å². The zero-order valence-corrected chi connectivity index (χ0v) is 9.86. The lowest BCUT2D eigenvalue weighted by Crippen LogP contribution is -2.05. The molecule has 1 rings (SSSR count). The molecule has 0 bridgehead atoms. The van der Waals surface area contributed by atoms with Gasteiger partial charge in [0, 0.05) is 17.8 Å². The summed E-state index contributed by atoms with van der Waals surface area (Å²) in [6.07, 6.45) is 3.87. The molecule has 0 saturated carbocycles. The highest BCUT2D eigenvalue weighted by Crippen LogP contribution is 2.14. The van der Waals surface area contributed by atoms with Crippen LogP contribution in [0.25, 0.3) is 0 Å². The van der Waals surface area contributed by atoms with Crippen LogP contribution in [0.4, 0.5) is 0 Å². The lowest BCUT2D eigenvalue weighted by molar-refractivity contribution is -0.136. The van der Waals surface area contributed by atoms with Gasteiger partial charge in [-0.1, -0.05) is 6.08 Å². The van der Waals surface area contributed by atoms with Crippen molar-refractivity contribution in [1.29, 1.82) is 0 Å². The minimum Gasteiger partial charge on any atom is -0.481 e. The number of hydrogen-bond donors (Lipinski definition) is 1. The van der Waals surface area contributed by atoms with Crippen LogP contribution in [0.15, 0.2) is 12.7 Å². The highest BCUT2D eigenvalue weighted by atomic mass is 16.4. The maximum atomic E-state index is 10.7. The Bertz CT molecular complexity index is 394. The van der Waals surface area contributed by atoms with E-state index in [0.717, 1.165) is 36.3 Å². The first-order chi connectivity index (χ1) is 7.56. The number of carboxylic acid groups (broad SMARTS) is 1. The van der Waals surface area contributed by atoms with E-state index < -0.39 is 5.97 Å². The van der Waals surface area contributed by atoms with Crippen molar-refractivity contribution in [2.24, 2.45) is 0 Å². The summed E-state index contributed by atoms with van der Waals surface area (Å²) >= 11 is 0. The largest absolute Gasteiger partial charge is 0.481 e. The molecule has 16 heavy (non-hydrogen) atoms. The van der Waals surface area contributed by atoms with E-state index >= 15 is 0 Å². The second kappa shape index (κ2) is 5.49. The zero-order chi connectivity index (χ0) is 12.1. The third kappa shape index (κ3) is 2.95. The first-order valence-corrected chi connectivity index (χ1v) is 5.41. The number of allylic oxidation sites excluding steroid dienone is 1. The molecule has 4 heteroatoms. The standard InChI is InChI=1S/C12H18N2O2/c1-4-5-6-7-14-10(3)11(8-12(15)16)9(2)13-14/h4H,1,5-8H2,2-3H3,(H,15,16). The highest BCUT2D eigenvalue weighted by molar-refractivity contribution is 5.70. The van der Waals surface area contributed by atoms with E-state index in [4.69, 9.17) is 5.11 Å². The van der Waals surface area contributed by atoms with Gasteiger partial charge in [-0.3, -0.25) is 9.48 Å². The number of aryl methyl sites for hydroxylation is 2. The molecule has 0 spiro atoms. The average molecular weight is 222 g/mol. The lowest BCUT2D eigenvalue weighted by atomic mass is 10.1. The van der Waals surface area contributed by atoms with Gasteiger partial charge in [0.15, 0.2) is 0 Å². The van der Waals surface area contributed by atoms with Gasteiger partial charge in [-0.05, 0) is 26.7 Å². The van der Waals surface area contributed by atoms with E-state index in [1.54, 1.807) is 0 Å². The fourth-order valence-corrected chi connectivity index (χ4v) is 1.74. The summed E-state index contributed by atoms with van der Waals surface area (Å²) in [7, 11) is 0. The molecule has 0 amide bonds. The third-order valence-electron chi connectivity index (χ3n) is 2.64. The molecule has 0 fully saturated rings. The molecule has 0 radical (unpaired) electrons. The fourth-order valence-electron chi connectivity index (χ4n) is 1.74. The van der Waals surface area contributed by atoms with Gasteiger partial charge >= 0.3 is 5.97 Å². The number of carbonyl (C=O) groups is 1. The molecule has 1 aromatic heterocycles. The van der Waals surface area contributed by atoms with Gasteiger partial charge in [0.1, 0.15) is 0 Å². The quantitative estimate of drug-likeness (QED) is 0.592. The van der Waals surface area contributed by atoms with Gasteiger partial charge in [0.25, 0.3) is 0 Å². The molecule has 0 saturated heterocycles. The van der Waals surface area contributed by atoms with Crippen molar-refractivity contribution in [2.75, 3.05) is 0 Å². The van der Waals surface area contributed by atoms with Crippen molar-refractivity contribution in [3.63, 3.8) is 0 Å². The molecule has 1 aromatic rings. The van der Waals surface area contributed by atoms with Gasteiger partial charge in [-0.15, -0.1) is 6.58 Å². The predicted octanol–water partition coefficient (Wildman–Crippen LogP) is 2.09. The fraction of sp³-hybridized carbons (Fsp3) is 0.500. The Balaban J connectivity index is 2.79. The van der Waals surface area contributed by atoms with Crippen molar-refractivity contribution in [3.8, 4) is 0 Å². The summed E-state index contributed by atoms with van der Waals surface area (Å²) in [5.41, 5.74) is 2.62.